The average Bonchev–Trinajstić information content (AvgIpc) is 2.31. The second kappa shape index (κ2) is 8.72. The Labute approximate surface area is 115 Å². The van der Waals surface area contributed by atoms with E-state index in [9.17, 15) is 0 Å². The molecule has 1 aromatic rings. The van der Waals surface area contributed by atoms with Gasteiger partial charge in [0.1, 0.15) is 0 Å². The van der Waals surface area contributed by atoms with Crippen molar-refractivity contribution in [2.45, 2.75) is 6.04 Å². The third-order valence-electron chi connectivity index (χ3n) is 2.79. The van der Waals surface area contributed by atoms with Crippen molar-refractivity contribution in [3.05, 3.63) is 35.9 Å². The van der Waals surface area contributed by atoms with Crippen LogP contribution < -0.4 is 5.73 Å². The summed E-state index contributed by atoms with van der Waals surface area (Å²) in [6.07, 6.45) is 0. The fourth-order valence-corrected chi connectivity index (χ4v) is 1.87. The second-order valence-electron chi connectivity index (χ2n) is 3.93. The highest BCUT2D eigenvalue weighted by Crippen LogP contribution is 2.11. The zero-order valence-electron chi connectivity index (χ0n) is 9.75. The van der Waals surface area contributed by atoms with Gasteiger partial charge in [0.2, 0.25) is 0 Å². The standard InChI is InChI=1S/C12H18N2O.2ClH/c13-12(11-4-2-1-3-5-11)10-14-6-8-15-9-7-14;;/h1-5,12H,6-10,13H2;2*1H/t12-;;/m0../s1. The summed E-state index contributed by atoms with van der Waals surface area (Å²) < 4.78 is 5.30. The Kier molecular flexibility index (Phi) is 8.56. The summed E-state index contributed by atoms with van der Waals surface area (Å²) in [7, 11) is 0. The summed E-state index contributed by atoms with van der Waals surface area (Å²) in [6, 6.07) is 10.4. The van der Waals surface area contributed by atoms with Crippen LogP contribution >= 0.6 is 24.8 Å². The normalized spacial score (nSPS) is 17.7. The quantitative estimate of drug-likeness (QED) is 0.918. The summed E-state index contributed by atoms with van der Waals surface area (Å²) in [6.45, 7) is 4.59. The molecule has 0 spiro atoms. The van der Waals surface area contributed by atoms with Crippen molar-refractivity contribution in [1.82, 2.24) is 4.90 Å². The molecule has 3 nitrogen and oxygen atoms in total. The first-order valence-electron chi connectivity index (χ1n) is 5.47. The fraction of sp³-hybridized carbons (Fsp3) is 0.500. The smallest absolute Gasteiger partial charge is 0.0594 e. The number of benzene rings is 1. The van der Waals surface area contributed by atoms with Crippen molar-refractivity contribution in [2.75, 3.05) is 32.8 Å². The molecule has 17 heavy (non-hydrogen) atoms. The van der Waals surface area contributed by atoms with Crippen LogP contribution in [0.25, 0.3) is 0 Å². The molecule has 1 fully saturated rings. The van der Waals surface area contributed by atoms with Crippen LogP contribution in [0.2, 0.25) is 0 Å². The Morgan fingerprint density at radius 3 is 2.29 bits per heavy atom. The lowest BCUT2D eigenvalue weighted by Crippen LogP contribution is -2.40. The molecule has 2 rings (SSSR count). The summed E-state index contributed by atoms with van der Waals surface area (Å²) in [4.78, 5) is 2.36. The maximum Gasteiger partial charge on any atom is 0.0594 e. The number of ether oxygens (including phenoxy) is 1. The number of rotatable bonds is 3. The molecular formula is C12H20Cl2N2O. The van der Waals surface area contributed by atoms with Gasteiger partial charge < -0.3 is 10.5 Å². The molecule has 0 radical (unpaired) electrons. The number of halogens is 2. The molecule has 0 saturated carbocycles. The van der Waals surface area contributed by atoms with Crippen LogP contribution in [0.4, 0.5) is 0 Å². The Morgan fingerprint density at radius 1 is 1.12 bits per heavy atom. The van der Waals surface area contributed by atoms with Crippen LogP contribution in [-0.4, -0.2) is 37.7 Å². The first-order valence-corrected chi connectivity index (χ1v) is 5.47. The van der Waals surface area contributed by atoms with Gasteiger partial charge in [0.05, 0.1) is 13.2 Å². The van der Waals surface area contributed by atoms with E-state index in [1.807, 2.05) is 18.2 Å². The van der Waals surface area contributed by atoms with E-state index in [1.54, 1.807) is 0 Å². The summed E-state index contributed by atoms with van der Waals surface area (Å²) in [5.41, 5.74) is 7.36. The lowest BCUT2D eigenvalue weighted by atomic mass is 10.1. The van der Waals surface area contributed by atoms with Gasteiger partial charge in [0, 0.05) is 25.7 Å². The number of nitrogens with zero attached hydrogens (tertiary/aromatic N) is 1. The minimum atomic E-state index is 0. The predicted octanol–water partition coefficient (Wildman–Crippen LogP) is 1.86. The van der Waals surface area contributed by atoms with Crippen molar-refractivity contribution in [2.24, 2.45) is 5.73 Å². The molecule has 0 amide bonds. The SMILES string of the molecule is Cl.Cl.N[C@@H](CN1CCOCC1)c1ccccc1. The maximum atomic E-state index is 6.14. The Bertz CT molecular complexity index is 292. The lowest BCUT2D eigenvalue weighted by Gasteiger charge is -2.29. The highest BCUT2D eigenvalue weighted by atomic mass is 35.5. The van der Waals surface area contributed by atoms with Gasteiger partial charge in [-0.05, 0) is 5.56 Å². The lowest BCUT2D eigenvalue weighted by molar-refractivity contribution is 0.0352. The topological polar surface area (TPSA) is 38.5 Å². The van der Waals surface area contributed by atoms with Gasteiger partial charge in [-0.3, -0.25) is 4.90 Å². The zero-order chi connectivity index (χ0) is 10.5. The number of morpholine rings is 1. The van der Waals surface area contributed by atoms with Gasteiger partial charge in [-0.15, -0.1) is 24.8 Å². The van der Waals surface area contributed by atoms with E-state index in [2.05, 4.69) is 17.0 Å². The van der Waals surface area contributed by atoms with E-state index in [-0.39, 0.29) is 30.9 Å². The highest BCUT2D eigenvalue weighted by molar-refractivity contribution is 5.85. The maximum absolute atomic E-state index is 6.14. The van der Waals surface area contributed by atoms with E-state index in [0.717, 1.165) is 32.8 Å². The molecule has 1 aliphatic heterocycles. The predicted molar refractivity (Wildman–Crippen MR) is 75.1 cm³/mol. The van der Waals surface area contributed by atoms with Gasteiger partial charge in [-0.2, -0.15) is 0 Å². The van der Waals surface area contributed by atoms with Crippen molar-refractivity contribution >= 4 is 24.8 Å². The third-order valence-corrected chi connectivity index (χ3v) is 2.79. The molecule has 1 saturated heterocycles. The van der Waals surface area contributed by atoms with Crippen LogP contribution in [0.1, 0.15) is 11.6 Å². The monoisotopic (exact) mass is 278 g/mol. The van der Waals surface area contributed by atoms with Gasteiger partial charge in [-0.1, -0.05) is 30.3 Å². The molecule has 0 bridgehead atoms. The molecule has 98 valence electrons. The molecule has 0 aliphatic carbocycles. The number of nitrogens with two attached hydrogens (primary N) is 1. The minimum absolute atomic E-state index is 0. The Morgan fingerprint density at radius 2 is 1.71 bits per heavy atom. The van der Waals surface area contributed by atoms with Crippen LogP contribution in [0.3, 0.4) is 0 Å². The summed E-state index contributed by atoms with van der Waals surface area (Å²) in [5, 5.41) is 0. The van der Waals surface area contributed by atoms with Crippen LogP contribution in [0.5, 0.6) is 0 Å². The van der Waals surface area contributed by atoms with E-state index in [0.29, 0.717) is 0 Å². The Balaban J connectivity index is 0.00000128. The third kappa shape index (κ3) is 5.23. The number of hydrogen-bond acceptors (Lipinski definition) is 3. The van der Waals surface area contributed by atoms with E-state index >= 15 is 0 Å². The van der Waals surface area contributed by atoms with Gasteiger partial charge in [0.25, 0.3) is 0 Å². The van der Waals surface area contributed by atoms with E-state index < -0.39 is 0 Å². The first-order chi connectivity index (χ1) is 7.36. The highest BCUT2D eigenvalue weighted by Gasteiger charge is 2.14. The molecule has 1 aromatic carbocycles. The van der Waals surface area contributed by atoms with Gasteiger partial charge >= 0.3 is 0 Å². The molecule has 1 atom stereocenters. The van der Waals surface area contributed by atoms with Gasteiger partial charge in [0.15, 0.2) is 0 Å². The zero-order valence-corrected chi connectivity index (χ0v) is 11.4. The summed E-state index contributed by atoms with van der Waals surface area (Å²) in [5.74, 6) is 0. The Hall–Kier alpha value is -0.320. The van der Waals surface area contributed by atoms with Crippen molar-refractivity contribution in [1.29, 1.82) is 0 Å². The first kappa shape index (κ1) is 16.7. The van der Waals surface area contributed by atoms with E-state index in [1.165, 1.54) is 5.56 Å². The molecule has 5 heteroatoms. The van der Waals surface area contributed by atoms with Crippen molar-refractivity contribution < 1.29 is 4.74 Å². The molecule has 1 heterocycles. The number of hydrogen-bond donors (Lipinski definition) is 1. The molecule has 0 unspecified atom stereocenters. The fourth-order valence-electron chi connectivity index (χ4n) is 1.87. The van der Waals surface area contributed by atoms with Crippen molar-refractivity contribution in [3.8, 4) is 0 Å². The largest absolute Gasteiger partial charge is 0.379 e. The molecule has 0 aromatic heterocycles. The molecule has 1 aliphatic rings. The molecular weight excluding hydrogens is 259 g/mol. The average molecular weight is 279 g/mol. The van der Waals surface area contributed by atoms with Crippen LogP contribution in [0.15, 0.2) is 30.3 Å². The minimum Gasteiger partial charge on any atom is -0.379 e. The summed E-state index contributed by atoms with van der Waals surface area (Å²) >= 11 is 0. The van der Waals surface area contributed by atoms with Crippen LogP contribution in [-0.2, 0) is 4.74 Å². The molecule has 2 N–H and O–H groups in total. The van der Waals surface area contributed by atoms with Gasteiger partial charge in [-0.25, -0.2) is 0 Å². The van der Waals surface area contributed by atoms with Crippen molar-refractivity contribution in [3.63, 3.8) is 0 Å². The second-order valence-corrected chi connectivity index (χ2v) is 3.93. The van der Waals surface area contributed by atoms with Crippen LogP contribution in [0, 0.1) is 0 Å². The van der Waals surface area contributed by atoms with E-state index in [4.69, 9.17) is 10.5 Å².